The van der Waals surface area contributed by atoms with Gasteiger partial charge in [0.1, 0.15) is 5.75 Å². The molecular weight excluding hydrogens is 585 g/mol. The molecule has 0 fully saturated rings. The fourth-order valence-electron chi connectivity index (χ4n) is 4.25. The van der Waals surface area contributed by atoms with Crippen molar-refractivity contribution in [2.24, 2.45) is 5.10 Å². The Bertz CT molecular complexity index is 1500. The van der Waals surface area contributed by atoms with Gasteiger partial charge in [-0.1, -0.05) is 60.7 Å². The van der Waals surface area contributed by atoms with Crippen LogP contribution in [0.15, 0.2) is 120 Å². The number of halogens is 1. The van der Waals surface area contributed by atoms with Crippen LogP contribution in [-0.2, 0) is 0 Å². The minimum atomic E-state index is -0.271. The average molecular weight is 611 g/mol. The molecule has 5 nitrogen and oxygen atoms in total. The lowest BCUT2D eigenvalue weighted by Crippen LogP contribution is -2.17. The number of nitrogens with zero attached hydrogens (tertiary/aromatic N) is 2. The highest BCUT2D eigenvalue weighted by Gasteiger charge is 2.14. The third kappa shape index (κ3) is 5.70. The molecule has 1 N–H and O–H groups in total. The van der Waals surface area contributed by atoms with Crippen LogP contribution in [0, 0.1) is 3.57 Å². The molecule has 1 aromatic heterocycles. The summed E-state index contributed by atoms with van der Waals surface area (Å²) >= 11 is 2.23. The Morgan fingerprint density at radius 3 is 2.00 bits per heavy atom. The highest BCUT2D eigenvalue weighted by Crippen LogP contribution is 2.32. The first-order valence-electron chi connectivity index (χ1n) is 12.3. The van der Waals surface area contributed by atoms with Crippen LogP contribution < -0.4 is 10.2 Å². The zero-order chi connectivity index (χ0) is 26.3. The quantitative estimate of drug-likeness (QED) is 0.112. The van der Waals surface area contributed by atoms with Crippen LogP contribution in [0.2, 0.25) is 0 Å². The number of carbonyl (C=O) groups is 1. The van der Waals surface area contributed by atoms with Gasteiger partial charge in [-0.25, -0.2) is 5.43 Å². The monoisotopic (exact) mass is 611 g/mol. The summed E-state index contributed by atoms with van der Waals surface area (Å²) in [6, 6.07) is 38.2. The van der Waals surface area contributed by atoms with E-state index in [-0.39, 0.29) is 5.91 Å². The SMILES string of the molecule is CCOc1ccc(/C=N\NC(=O)c2ccc(-n3c(-c4ccccc4)ccc3-c3ccccc3)cc2)cc1I. The molecule has 1 amide bonds. The standard InChI is InChI=1S/C32H26IN3O2/c1-2-38-31-20-13-23(21-28(31)33)22-34-35-32(37)26-14-16-27(17-15-26)36-29(24-9-5-3-6-10-24)18-19-30(36)25-11-7-4-8-12-25/h3-22H,2H2,1H3,(H,35,37)/b34-22-. The molecule has 38 heavy (non-hydrogen) atoms. The summed E-state index contributed by atoms with van der Waals surface area (Å²) in [5, 5.41) is 4.14. The number of benzene rings is 4. The fourth-order valence-corrected chi connectivity index (χ4v) is 4.94. The lowest BCUT2D eigenvalue weighted by molar-refractivity contribution is 0.0955. The van der Waals surface area contributed by atoms with Crippen molar-refractivity contribution in [3.05, 3.63) is 130 Å². The lowest BCUT2D eigenvalue weighted by atomic mass is 10.1. The molecule has 0 aliphatic rings. The van der Waals surface area contributed by atoms with E-state index in [1.807, 2.05) is 85.8 Å². The van der Waals surface area contributed by atoms with Crippen molar-refractivity contribution < 1.29 is 9.53 Å². The fraction of sp³-hybridized carbons (Fsp3) is 0.0625. The minimum Gasteiger partial charge on any atom is -0.493 e. The van der Waals surface area contributed by atoms with Crippen LogP contribution in [-0.4, -0.2) is 23.3 Å². The summed E-state index contributed by atoms with van der Waals surface area (Å²) < 4.78 is 8.78. The van der Waals surface area contributed by atoms with E-state index >= 15 is 0 Å². The summed E-state index contributed by atoms with van der Waals surface area (Å²) in [6.45, 7) is 2.57. The maximum atomic E-state index is 12.8. The molecule has 0 unspecified atom stereocenters. The number of ether oxygens (including phenoxy) is 1. The van der Waals surface area contributed by atoms with Gasteiger partial charge in [-0.15, -0.1) is 0 Å². The molecule has 0 aliphatic carbocycles. The molecule has 188 valence electrons. The van der Waals surface area contributed by atoms with Gasteiger partial charge in [-0.3, -0.25) is 4.79 Å². The molecule has 0 saturated carbocycles. The van der Waals surface area contributed by atoms with Gasteiger partial charge >= 0.3 is 0 Å². The molecule has 1 heterocycles. The average Bonchev–Trinajstić information content (AvgIpc) is 3.41. The van der Waals surface area contributed by atoms with Crippen molar-refractivity contribution >= 4 is 34.7 Å². The predicted octanol–water partition coefficient (Wildman–Crippen LogP) is 7.58. The van der Waals surface area contributed by atoms with Crippen LogP contribution >= 0.6 is 22.6 Å². The summed E-state index contributed by atoms with van der Waals surface area (Å²) in [5.41, 5.74) is 9.40. The molecule has 0 aliphatic heterocycles. The van der Waals surface area contributed by atoms with Crippen LogP contribution in [0.1, 0.15) is 22.8 Å². The second-order valence-corrected chi connectivity index (χ2v) is 9.70. The number of hydrogen-bond donors (Lipinski definition) is 1. The maximum absolute atomic E-state index is 12.8. The predicted molar refractivity (Wildman–Crippen MR) is 162 cm³/mol. The van der Waals surface area contributed by atoms with Gasteiger partial charge in [0, 0.05) is 11.3 Å². The van der Waals surface area contributed by atoms with Gasteiger partial charge in [0.15, 0.2) is 0 Å². The molecule has 4 aromatic carbocycles. The topological polar surface area (TPSA) is 55.6 Å². The Balaban J connectivity index is 1.37. The van der Waals surface area contributed by atoms with Crippen LogP contribution in [0.25, 0.3) is 28.2 Å². The molecule has 0 saturated heterocycles. The van der Waals surface area contributed by atoms with E-state index in [0.29, 0.717) is 12.2 Å². The zero-order valence-corrected chi connectivity index (χ0v) is 23.0. The summed E-state index contributed by atoms with van der Waals surface area (Å²) in [5.74, 6) is 0.565. The minimum absolute atomic E-state index is 0.271. The van der Waals surface area contributed by atoms with Crippen LogP contribution in [0.4, 0.5) is 0 Å². The number of amides is 1. The largest absolute Gasteiger partial charge is 0.493 e. The third-order valence-electron chi connectivity index (χ3n) is 6.04. The van der Waals surface area contributed by atoms with E-state index in [1.54, 1.807) is 6.21 Å². The number of nitrogens with one attached hydrogen (secondary N) is 1. The summed E-state index contributed by atoms with van der Waals surface area (Å²) in [4.78, 5) is 12.8. The zero-order valence-electron chi connectivity index (χ0n) is 20.8. The van der Waals surface area contributed by atoms with Crippen LogP contribution in [0.3, 0.4) is 0 Å². The molecule has 5 aromatic rings. The Morgan fingerprint density at radius 2 is 1.45 bits per heavy atom. The number of aromatic nitrogens is 1. The van der Waals surface area contributed by atoms with E-state index < -0.39 is 0 Å². The second kappa shape index (κ2) is 11.9. The highest BCUT2D eigenvalue weighted by atomic mass is 127. The Labute approximate surface area is 235 Å². The number of hydrogen-bond acceptors (Lipinski definition) is 3. The van der Waals surface area contributed by atoms with Crippen molar-refractivity contribution in [1.29, 1.82) is 0 Å². The van der Waals surface area contributed by atoms with E-state index in [0.717, 1.165) is 43.1 Å². The van der Waals surface area contributed by atoms with Gasteiger partial charge in [0.2, 0.25) is 0 Å². The van der Waals surface area contributed by atoms with Gasteiger partial charge < -0.3 is 9.30 Å². The lowest BCUT2D eigenvalue weighted by Gasteiger charge is -2.15. The first kappa shape index (κ1) is 25.5. The van der Waals surface area contributed by atoms with E-state index in [9.17, 15) is 4.79 Å². The smallest absolute Gasteiger partial charge is 0.271 e. The van der Waals surface area contributed by atoms with Crippen molar-refractivity contribution in [2.75, 3.05) is 6.61 Å². The first-order chi connectivity index (χ1) is 18.6. The van der Waals surface area contributed by atoms with Gasteiger partial charge in [-0.2, -0.15) is 5.10 Å². The molecule has 6 heteroatoms. The molecule has 0 atom stereocenters. The Hall–Kier alpha value is -4.17. The highest BCUT2D eigenvalue weighted by molar-refractivity contribution is 14.1. The Morgan fingerprint density at radius 1 is 0.842 bits per heavy atom. The molecular formula is C32H26IN3O2. The summed E-state index contributed by atoms with van der Waals surface area (Å²) in [7, 11) is 0. The van der Waals surface area contributed by atoms with E-state index in [4.69, 9.17) is 4.74 Å². The van der Waals surface area contributed by atoms with E-state index in [1.165, 1.54) is 0 Å². The van der Waals surface area contributed by atoms with Crippen molar-refractivity contribution in [1.82, 2.24) is 9.99 Å². The molecule has 0 spiro atoms. The van der Waals surface area contributed by atoms with Crippen LogP contribution in [0.5, 0.6) is 5.75 Å². The molecule has 0 radical (unpaired) electrons. The Kier molecular flexibility index (Phi) is 7.99. The first-order valence-corrected chi connectivity index (χ1v) is 13.4. The van der Waals surface area contributed by atoms with Crippen molar-refractivity contribution in [3.8, 4) is 34.0 Å². The second-order valence-electron chi connectivity index (χ2n) is 8.54. The van der Waals surface area contributed by atoms with Gasteiger partial charge in [0.05, 0.1) is 27.8 Å². The number of carbonyl (C=O) groups excluding carboxylic acids is 1. The third-order valence-corrected chi connectivity index (χ3v) is 6.89. The normalized spacial score (nSPS) is 11.0. The van der Waals surface area contributed by atoms with Gasteiger partial charge in [-0.05, 0) is 101 Å². The number of rotatable bonds is 8. The number of hydrazone groups is 1. The van der Waals surface area contributed by atoms with Crippen molar-refractivity contribution in [2.45, 2.75) is 6.92 Å². The van der Waals surface area contributed by atoms with Gasteiger partial charge in [0.25, 0.3) is 5.91 Å². The maximum Gasteiger partial charge on any atom is 0.271 e. The molecule has 0 bridgehead atoms. The van der Waals surface area contributed by atoms with Crippen molar-refractivity contribution in [3.63, 3.8) is 0 Å². The van der Waals surface area contributed by atoms with E-state index in [2.05, 4.69) is 74.1 Å². The summed E-state index contributed by atoms with van der Waals surface area (Å²) in [6.07, 6.45) is 1.63. The molecule has 5 rings (SSSR count).